The van der Waals surface area contributed by atoms with E-state index in [1.165, 1.54) is 135 Å². The Labute approximate surface area is 174 Å². The van der Waals surface area contributed by atoms with Crippen LogP contribution in [0.2, 0.25) is 0 Å². The standard InChI is InChI=1S/C27H54/c1-4-6-8-10-12-14-16-18-20-22-24-26-27(3)25-23-21-19-17-15-13-11-9-7-5-2/h16,18,27H,4-15,17,19-26H2,1-3H3. The number of allylic oxidation sites excluding steroid dienone is 2. The highest BCUT2D eigenvalue weighted by molar-refractivity contribution is 4.81. The Morgan fingerprint density at radius 2 is 0.778 bits per heavy atom. The average molecular weight is 379 g/mol. The van der Waals surface area contributed by atoms with Crippen LogP contribution in [-0.2, 0) is 0 Å². The quantitative estimate of drug-likeness (QED) is 0.130. The summed E-state index contributed by atoms with van der Waals surface area (Å²) in [6.45, 7) is 7.06. The van der Waals surface area contributed by atoms with Crippen molar-refractivity contribution in [3.63, 3.8) is 0 Å². The first kappa shape index (κ1) is 26.7. The fourth-order valence-electron chi connectivity index (χ4n) is 3.98. The van der Waals surface area contributed by atoms with E-state index in [9.17, 15) is 0 Å². The predicted octanol–water partition coefficient (Wildman–Crippen LogP) is 10.4. The molecule has 0 rings (SSSR count). The van der Waals surface area contributed by atoms with Gasteiger partial charge in [0.05, 0.1) is 0 Å². The van der Waals surface area contributed by atoms with Crippen LogP contribution in [0.3, 0.4) is 0 Å². The second kappa shape index (κ2) is 23.8. The molecule has 0 aromatic carbocycles. The third kappa shape index (κ3) is 23.7. The van der Waals surface area contributed by atoms with Crippen LogP contribution < -0.4 is 0 Å². The van der Waals surface area contributed by atoms with E-state index in [2.05, 4.69) is 32.9 Å². The topological polar surface area (TPSA) is 0 Å². The van der Waals surface area contributed by atoms with E-state index in [1.54, 1.807) is 0 Å². The molecule has 0 nitrogen and oxygen atoms in total. The van der Waals surface area contributed by atoms with Gasteiger partial charge in [0.1, 0.15) is 0 Å². The van der Waals surface area contributed by atoms with E-state index in [-0.39, 0.29) is 0 Å². The molecule has 0 spiro atoms. The van der Waals surface area contributed by atoms with Gasteiger partial charge in [-0.15, -0.1) is 0 Å². The van der Waals surface area contributed by atoms with Crippen LogP contribution in [0.15, 0.2) is 12.2 Å². The molecule has 0 heteroatoms. The number of hydrogen-bond acceptors (Lipinski definition) is 0. The van der Waals surface area contributed by atoms with Crippen LogP contribution in [-0.4, -0.2) is 0 Å². The summed E-state index contributed by atoms with van der Waals surface area (Å²) < 4.78 is 0. The van der Waals surface area contributed by atoms with Crippen LogP contribution in [0.5, 0.6) is 0 Å². The molecule has 0 bridgehead atoms. The zero-order chi connectivity index (χ0) is 19.8. The normalized spacial score (nSPS) is 12.9. The minimum Gasteiger partial charge on any atom is -0.0885 e. The summed E-state index contributed by atoms with van der Waals surface area (Å²) in [5.41, 5.74) is 0. The molecule has 0 aromatic heterocycles. The molecule has 0 fully saturated rings. The Morgan fingerprint density at radius 3 is 1.26 bits per heavy atom. The lowest BCUT2D eigenvalue weighted by atomic mass is 9.96. The molecule has 0 saturated carbocycles. The van der Waals surface area contributed by atoms with Gasteiger partial charge >= 0.3 is 0 Å². The van der Waals surface area contributed by atoms with Crippen molar-refractivity contribution in [2.24, 2.45) is 5.92 Å². The lowest BCUT2D eigenvalue weighted by Crippen LogP contribution is -1.95. The molecule has 0 amide bonds. The smallest absolute Gasteiger partial charge is 0.0351 e. The molecule has 0 aromatic rings. The van der Waals surface area contributed by atoms with Crippen molar-refractivity contribution in [1.29, 1.82) is 0 Å². The van der Waals surface area contributed by atoms with Crippen LogP contribution >= 0.6 is 0 Å². The minimum atomic E-state index is 0.946. The number of unbranched alkanes of at least 4 members (excludes halogenated alkanes) is 16. The fraction of sp³-hybridized carbons (Fsp3) is 0.926. The molecule has 162 valence electrons. The van der Waals surface area contributed by atoms with Gasteiger partial charge < -0.3 is 0 Å². The van der Waals surface area contributed by atoms with Crippen molar-refractivity contribution in [2.45, 2.75) is 156 Å². The van der Waals surface area contributed by atoms with Gasteiger partial charge in [0.2, 0.25) is 0 Å². The first-order valence-electron chi connectivity index (χ1n) is 13.0. The largest absolute Gasteiger partial charge is 0.0885 e. The van der Waals surface area contributed by atoms with Crippen LogP contribution in [0.4, 0.5) is 0 Å². The Balaban J connectivity index is 3.20. The molecular formula is C27H54. The van der Waals surface area contributed by atoms with Crippen LogP contribution in [0, 0.1) is 5.92 Å². The predicted molar refractivity (Wildman–Crippen MR) is 127 cm³/mol. The zero-order valence-corrected chi connectivity index (χ0v) is 19.6. The summed E-state index contributed by atoms with van der Waals surface area (Å²) in [6.07, 6.45) is 34.8. The zero-order valence-electron chi connectivity index (χ0n) is 19.6. The van der Waals surface area contributed by atoms with Gasteiger partial charge in [0.25, 0.3) is 0 Å². The maximum atomic E-state index is 2.47. The van der Waals surface area contributed by atoms with E-state index in [0.29, 0.717) is 0 Å². The summed E-state index contributed by atoms with van der Waals surface area (Å²) in [5.74, 6) is 0.946. The second-order valence-electron chi connectivity index (χ2n) is 9.03. The van der Waals surface area contributed by atoms with E-state index >= 15 is 0 Å². The first-order valence-corrected chi connectivity index (χ1v) is 13.0. The molecule has 0 aliphatic heterocycles. The molecule has 0 aliphatic carbocycles. The molecule has 27 heavy (non-hydrogen) atoms. The van der Waals surface area contributed by atoms with Gasteiger partial charge in [-0.3, -0.25) is 0 Å². The molecule has 0 saturated heterocycles. The fourth-order valence-corrected chi connectivity index (χ4v) is 3.98. The Bertz CT molecular complexity index is 278. The maximum Gasteiger partial charge on any atom is -0.0351 e. The number of rotatable bonds is 22. The van der Waals surface area contributed by atoms with Crippen molar-refractivity contribution < 1.29 is 0 Å². The van der Waals surface area contributed by atoms with Crippen molar-refractivity contribution in [2.75, 3.05) is 0 Å². The van der Waals surface area contributed by atoms with Crippen molar-refractivity contribution in [3.05, 3.63) is 12.2 Å². The van der Waals surface area contributed by atoms with Crippen molar-refractivity contribution >= 4 is 0 Å². The molecule has 0 N–H and O–H groups in total. The van der Waals surface area contributed by atoms with Gasteiger partial charge in [-0.1, -0.05) is 142 Å². The second-order valence-corrected chi connectivity index (χ2v) is 9.03. The molecular weight excluding hydrogens is 324 g/mol. The third-order valence-corrected chi connectivity index (χ3v) is 6.01. The van der Waals surface area contributed by atoms with Gasteiger partial charge in [0.15, 0.2) is 0 Å². The summed E-state index contributed by atoms with van der Waals surface area (Å²) in [6, 6.07) is 0. The summed E-state index contributed by atoms with van der Waals surface area (Å²) in [7, 11) is 0. The SMILES string of the molecule is CCCCCCCC=CCCCCC(C)CCCCCCCCCCCC. The summed E-state index contributed by atoms with van der Waals surface area (Å²) in [4.78, 5) is 0. The molecule has 1 unspecified atom stereocenters. The molecule has 0 radical (unpaired) electrons. The minimum absolute atomic E-state index is 0.946. The van der Waals surface area contributed by atoms with Gasteiger partial charge in [-0.25, -0.2) is 0 Å². The number of hydrogen-bond donors (Lipinski definition) is 0. The van der Waals surface area contributed by atoms with Gasteiger partial charge in [-0.2, -0.15) is 0 Å². The van der Waals surface area contributed by atoms with E-state index in [0.717, 1.165) is 5.92 Å². The molecule has 0 aliphatic rings. The van der Waals surface area contributed by atoms with Crippen LogP contribution in [0.25, 0.3) is 0 Å². The van der Waals surface area contributed by atoms with E-state index < -0.39 is 0 Å². The van der Waals surface area contributed by atoms with Crippen LogP contribution in [0.1, 0.15) is 156 Å². The lowest BCUT2D eigenvalue weighted by Gasteiger charge is -2.10. The van der Waals surface area contributed by atoms with Crippen molar-refractivity contribution in [1.82, 2.24) is 0 Å². The van der Waals surface area contributed by atoms with Crippen molar-refractivity contribution in [3.8, 4) is 0 Å². The van der Waals surface area contributed by atoms with Gasteiger partial charge in [0, 0.05) is 0 Å². The Hall–Kier alpha value is -0.260. The Morgan fingerprint density at radius 1 is 0.444 bits per heavy atom. The Kier molecular flexibility index (Phi) is 23.5. The van der Waals surface area contributed by atoms with E-state index in [1.807, 2.05) is 0 Å². The highest BCUT2D eigenvalue weighted by Gasteiger charge is 2.01. The average Bonchev–Trinajstić information content (AvgIpc) is 2.67. The highest BCUT2D eigenvalue weighted by Crippen LogP contribution is 2.18. The summed E-state index contributed by atoms with van der Waals surface area (Å²) in [5, 5.41) is 0. The first-order chi connectivity index (χ1) is 13.3. The summed E-state index contributed by atoms with van der Waals surface area (Å²) >= 11 is 0. The lowest BCUT2D eigenvalue weighted by molar-refractivity contribution is 0.437. The maximum absolute atomic E-state index is 2.47. The van der Waals surface area contributed by atoms with Gasteiger partial charge in [-0.05, 0) is 31.6 Å². The highest BCUT2D eigenvalue weighted by atomic mass is 14.1. The molecule has 1 atom stereocenters. The van der Waals surface area contributed by atoms with E-state index in [4.69, 9.17) is 0 Å². The monoisotopic (exact) mass is 378 g/mol. The third-order valence-electron chi connectivity index (χ3n) is 6.01. The molecule has 0 heterocycles.